The highest BCUT2D eigenvalue weighted by Crippen LogP contribution is 2.35. The Morgan fingerprint density at radius 1 is 0.857 bits per heavy atom. The van der Waals surface area contributed by atoms with Gasteiger partial charge in [-0.05, 0) is 36.8 Å². The summed E-state index contributed by atoms with van der Waals surface area (Å²) in [4.78, 5) is 8.83. The van der Waals surface area contributed by atoms with Crippen LogP contribution in [0.5, 0.6) is 0 Å². The number of aryl methyl sites for hydroxylation is 1. The van der Waals surface area contributed by atoms with Gasteiger partial charge in [-0.15, -0.1) is 0 Å². The monoisotopic (exact) mass is 356 g/mol. The Kier molecular flexibility index (Phi) is 3.98. The van der Waals surface area contributed by atoms with E-state index in [0.29, 0.717) is 31.8 Å². The van der Waals surface area contributed by atoms with Gasteiger partial charge in [-0.1, -0.05) is 52.5 Å². The number of rotatable bonds is 1. The van der Waals surface area contributed by atoms with Crippen molar-refractivity contribution in [2.45, 2.75) is 6.92 Å². The third-order valence-electron chi connectivity index (χ3n) is 3.15. The van der Waals surface area contributed by atoms with Gasteiger partial charge in [-0.3, -0.25) is 0 Å². The molecule has 0 unspecified atom stereocenters. The van der Waals surface area contributed by atoms with Crippen LogP contribution in [0.3, 0.4) is 0 Å². The summed E-state index contributed by atoms with van der Waals surface area (Å²) in [5.74, 6) is 0.469. The molecule has 21 heavy (non-hydrogen) atoms. The molecule has 1 aromatic heterocycles. The molecule has 0 spiro atoms. The van der Waals surface area contributed by atoms with E-state index in [1.165, 1.54) is 0 Å². The van der Waals surface area contributed by atoms with Crippen molar-refractivity contribution in [1.82, 2.24) is 9.97 Å². The van der Waals surface area contributed by atoms with Crippen LogP contribution >= 0.6 is 46.4 Å². The van der Waals surface area contributed by atoms with Gasteiger partial charge in [0.2, 0.25) is 0 Å². The highest BCUT2D eigenvalue weighted by molar-refractivity contribution is 6.44. The minimum atomic E-state index is 0.266. The fourth-order valence-electron chi connectivity index (χ4n) is 2.08. The van der Waals surface area contributed by atoms with Crippen molar-refractivity contribution in [2.75, 3.05) is 0 Å². The van der Waals surface area contributed by atoms with Crippen molar-refractivity contribution in [3.63, 3.8) is 0 Å². The molecule has 2 aromatic carbocycles. The van der Waals surface area contributed by atoms with Crippen molar-refractivity contribution in [3.05, 3.63) is 56.1 Å². The maximum Gasteiger partial charge on any atom is 0.161 e. The molecule has 0 N–H and O–H groups in total. The quantitative estimate of drug-likeness (QED) is 0.483. The lowest BCUT2D eigenvalue weighted by atomic mass is 10.1. The van der Waals surface area contributed by atoms with Crippen molar-refractivity contribution >= 4 is 57.3 Å². The van der Waals surface area contributed by atoms with Gasteiger partial charge in [0.1, 0.15) is 5.15 Å². The summed E-state index contributed by atoms with van der Waals surface area (Å²) in [7, 11) is 0. The lowest BCUT2D eigenvalue weighted by molar-refractivity contribution is 1.21. The minimum absolute atomic E-state index is 0.266. The van der Waals surface area contributed by atoms with E-state index in [-0.39, 0.29) is 5.15 Å². The van der Waals surface area contributed by atoms with E-state index in [2.05, 4.69) is 9.97 Å². The Morgan fingerprint density at radius 2 is 1.57 bits per heavy atom. The molecule has 0 aliphatic rings. The van der Waals surface area contributed by atoms with Gasteiger partial charge in [0, 0.05) is 10.6 Å². The topological polar surface area (TPSA) is 25.8 Å². The summed E-state index contributed by atoms with van der Waals surface area (Å²) >= 11 is 24.6. The van der Waals surface area contributed by atoms with E-state index >= 15 is 0 Å². The summed E-state index contributed by atoms with van der Waals surface area (Å²) in [6.45, 7) is 1.95. The third kappa shape index (κ3) is 2.69. The number of nitrogens with zero attached hydrogens (tertiary/aromatic N) is 2. The lowest BCUT2D eigenvalue weighted by Gasteiger charge is -2.09. The van der Waals surface area contributed by atoms with Gasteiger partial charge in [0.05, 0.1) is 20.9 Å². The van der Waals surface area contributed by atoms with Crippen molar-refractivity contribution in [2.24, 2.45) is 0 Å². The molecule has 6 heteroatoms. The number of aromatic nitrogens is 2. The maximum atomic E-state index is 6.25. The Labute approximate surface area is 141 Å². The summed E-state index contributed by atoms with van der Waals surface area (Å²) in [6.07, 6.45) is 0. The molecule has 0 aliphatic carbocycles. The average Bonchev–Trinajstić information content (AvgIpc) is 2.45. The number of hydrogen-bond donors (Lipinski definition) is 0. The average molecular weight is 358 g/mol. The van der Waals surface area contributed by atoms with Crippen LogP contribution in [-0.2, 0) is 0 Å². The SMILES string of the molecule is Cc1ccc(Cl)cc1-c1nc(Cl)c2c(Cl)ccc(Cl)c2n1. The summed E-state index contributed by atoms with van der Waals surface area (Å²) < 4.78 is 0. The molecule has 0 aliphatic heterocycles. The predicted octanol–water partition coefficient (Wildman–Crippen LogP) is 6.22. The third-order valence-corrected chi connectivity index (χ3v) is 4.27. The number of halogens is 4. The fourth-order valence-corrected chi connectivity index (χ4v) is 3.02. The van der Waals surface area contributed by atoms with Crippen LogP contribution in [0, 0.1) is 6.92 Å². The fraction of sp³-hybridized carbons (Fsp3) is 0.0667. The Bertz CT molecular complexity index is 862. The van der Waals surface area contributed by atoms with Crippen LogP contribution in [0.4, 0.5) is 0 Å². The van der Waals surface area contributed by atoms with Crippen molar-refractivity contribution in [1.29, 1.82) is 0 Å². The van der Waals surface area contributed by atoms with E-state index < -0.39 is 0 Å². The highest BCUT2D eigenvalue weighted by atomic mass is 35.5. The molecule has 0 amide bonds. The summed E-state index contributed by atoms with van der Waals surface area (Å²) in [5, 5.41) is 2.36. The smallest absolute Gasteiger partial charge is 0.161 e. The van der Waals surface area contributed by atoms with Gasteiger partial charge in [0.15, 0.2) is 5.82 Å². The van der Waals surface area contributed by atoms with Crippen LogP contribution in [-0.4, -0.2) is 9.97 Å². The van der Waals surface area contributed by atoms with E-state index in [0.717, 1.165) is 11.1 Å². The zero-order chi connectivity index (χ0) is 15.1. The Balaban J connectivity index is 2.35. The molecule has 0 radical (unpaired) electrons. The van der Waals surface area contributed by atoms with E-state index in [4.69, 9.17) is 46.4 Å². The van der Waals surface area contributed by atoms with E-state index in [9.17, 15) is 0 Å². The molecule has 1 heterocycles. The first kappa shape index (κ1) is 14.9. The van der Waals surface area contributed by atoms with Crippen LogP contribution in [0.25, 0.3) is 22.3 Å². The number of fused-ring (bicyclic) bond motifs is 1. The Hall–Kier alpha value is -1.06. The van der Waals surface area contributed by atoms with Crippen LogP contribution in [0.15, 0.2) is 30.3 Å². The molecule has 0 atom stereocenters. The molecule has 3 aromatic rings. The zero-order valence-corrected chi connectivity index (χ0v) is 13.8. The minimum Gasteiger partial charge on any atom is -0.226 e. The number of hydrogen-bond acceptors (Lipinski definition) is 2. The van der Waals surface area contributed by atoms with Gasteiger partial charge < -0.3 is 0 Å². The standard InChI is InChI=1S/C15H8Cl4N2/c1-7-2-3-8(16)6-9(7)15-20-13-11(18)5-4-10(17)12(13)14(19)21-15/h2-6H,1H3. The molecule has 0 saturated carbocycles. The second-order valence-electron chi connectivity index (χ2n) is 4.55. The molecule has 0 fully saturated rings. The predicted molar refractivity (Wildman–Crippen MR) is 89.8 cm³/mol. The zero-order valence-electron chi connectivity index (χ0n) is 10.8. The van der Waals surface area contributed by atoms with Crippen LogP contribution < -0.4 is 0 Å². The second kappa shape index (κ2) is 5.62. The van der Waals surface area contributed by atoms with E-state index in [1.54, 1.807) is 18.2 Å². The van der Waals surface area contributed by atoms with Crippen molar-refractivity contribution < 1.29 is 0 Å². The van der Waals surface area contributed by atoms with Crippen molar-refractivity contribution in [3.8, 4) is 11.4 Å². The first-order chi connectivity index (χ1) is 9.97. The molecule has 3 rings (SSSR count). The maximum absolute atomic E-state index is 6.25. The summed E-state index contributed by atoms with van der Waals surface area (Å²) in [5.41, 5.74) is 2.33. The Morgan fingerprint density at radius 3 is 2.33 bits per heavy atom. The molecule has 0 saturated heterocycles. The van der Waals surface area contributed by atoms with Crippen LogP contribution in [0.2, 0.25) is 20.2 Å². The van der Waals surface area contributed by atoms with E-state index in [1.807, 2.05) is 19.1 Å². The number of benzene rings is 2. The van der Waals surface area contributed by atoms with Crippen LogP contribution in [0.1, 0.15) is 5.56 Å². The largest absolute Gasteiger partial charge is 0.226 e. The highest BCUT2D eigenvalue weighted by Gasteiger charge is 2.14. The van der Waals surface area contributed by atoms with Gasteiger partial charge in [-0.25, -0.2) is 9.97 Å². The second-order valence-corrected chi connectivity index (χ2v) is 6.16. The van der Waals surface area contributed by atoms with Gasteiger partial charge in [-0.2, -0.15) is 0 Å². The summed E-state index contributed by atoms with van der Waals surface area (Å²) in [6, 6.07) is 8.87. The molecule has 2 nitrogen and oxygen atoms in total. The molecule has 0 bridgehead atoms. The molecular formula is C15H8Cl4N2. The van der Waals surface area contributed by atoms with Gasteiger partial charge >= 0.3 is 0 Å². The molecule has 106 valence electrons. The van der Waals surface area contributed by atoms with Gasteiger partial charge in [0.25, 0.3) is 0 Å². The normalized spacial score (nSPS) is 11.1. The lowest BCUT2D eigenvalue weighted by Crippen LogP contribution is -1.95. The molecular weight excluding hydrogens is 350 g/mol. The first-order valence-corrected chi connectivity index (χ1v) is 7.56. The first-order valence-electron chi connectivity index (χ1n) is 6.05.